The third kappa shape index (κ3) is 2.79. The van der Waals surface area contributed by atoms with Crippen LogP contribution in [0, 0.1) is 24.4 Å². The standard InChI is InChI=1S/C15H14F3N/c1-9-3-4-10(7-13(9)17)15(19-2)12-6-5-11(16)8-14(12)18/h3-8,15,19H,1-2H3. The third-order valence-corrected chi connectivity index (χ3v) is 3.09. The van der Waals surface area contributed by atoms with Crippen LogP contribution in [0.4, 0.5) is 13.2 Å². The van der Waals surface area contributed by atoms with Crippen molar-refractivity contribution >= 4 is 0 Å². The monoisotopic (exact) mass is 265 g/mol. The number of rotatable bonds is 3. The predicted octanol–water partition coefficient (Wildman–Crippen LogP) is 3.72. The van der Waals surface area contributed by atoms with E-state index >= 15 is 0 Å². The van der Waals surface area contributed by atoms with E-state index in [2.05, 4.69) is 5.32 Å². The fourth-order valence-electron chi connectivity index (χ4n) is 2.03. The lowest BCUT2D eigenvalue weighted by atomic mass is 9.97. The molecule has 0 bridgehead atoms. The minimum Gasteiger partial charge on any atom is -0.309 e. The van der Waals surface area contributed by atoms with Crippen LogP contribution >= 0.6 is 0 Å². The molecular weight excluding hydrogens is 251 g/mol. The van der Waals surface area contributed by atoms with Gasteiger partial charge in [-0.25, -0.2) is 13.2 Å². The van der Waals surface area contributed by atoms with Gasteiger partial charge in [-0.15, -0.1) is 0 Å². The van der Waals surface area contributed by atoms with E-state index in [1.54, 1.807) is 26.1 Å². The van der Waals surface area contributed by atoms with E-state index in [9.17, 15) is 13.2 Å². The highest BCUT2D eigenvalue weighted by atomic mass is 19.1. The first-order valence-corrected chi connectivity index (χ1v) is 5.91. The summed E-state index contributed by atoms with van der Waals surface area (Å²) in [6.07, 6.45) is 0. The molecule has 0 aliphatic rings. The molecule has 4 heteroatoms. The van der Waals surface area contributed by atoms with E-state index in [0.717, 1.165) is 6.07 Å². The normalized spacial score (nSPS) is 12.5. The topological polar surface area (TPSA) is 12.0 Å². The van der Waals surface area contributed by atoms with Gasteiger partial charge in [0.15, 0.2) is 0 Å². The first kappa shape index (κ1) is 13.6. The van der Waals surface area contributed by atoms with Gasteiger partial charge in [0.2, 0.25) is 0 Å². The first-order chi connectivity index (χ1) is 9.02. The van der Waals surface area contributed by atoms with Crippen LogP contribution in [0.3, 0.4) is 0 Å². The summed E-state index contributed by atoms with van der Waals surface area (Å²) in [4.78, 5) is 0. The Hall–Kier alpha value is -1.81. The molecule has 19 heavy (non-hydrogen) atoms. The van der Waals surface area contributed by atoms with Gasteiger partial charge in [0.1, 0.15) is 17.5 Å². The van der Waals surface area contributed by atoms with Crippen LogP contribution < -0.4 is 5.32 Å². The molecule has 0 spiro atoms. The van der Waals surface area contributed by atoms with Gasteiger partial charge in [-0.05, 0) is 37.2 Å². The molecule has 1 atom stereocenters. The Balaban J connectivity index is 2.46. The molecular formula is C15H14F3N. The van der Waals surface area contributed by atoms with Crippen molar-refractivity contribution in [1.82, 2.24) is 5.32 Å². The van der Waals surface area contributed by atoms with Gasteiger partial charge in [0.05, 0.1) is 6.04 Å². The number of halogens is 3. The van der Waals surface area contributed by atoms with E-state index in [1.807, 2.05) is 0 Å². The molecule has 0 amide bonds. The van der Waals surface area contributed by atoms with E-state index < -0.39 is 17.7 Å². The van der Waals surface area contributed by atoms with Gasteiger partial charge in [0.25, 0.3) is 0 Å². The summed E-state index contributed by atoms with van der Waals surface area (Å²) in [5, 5.41) is 2.91. The summed E-state index contributed by atoms with van der Waals surface area (Å²) in [5.74, 6) is -1.63. The molecule has 100 valence electrons. The Morgan fingerprint density at radius 2 is 1.68 bits per heavy atom. The molecule has 0 fully saturated rings. The molecule has 0 aliphatic heterocycles. The van der Waals surface area contributed by atoms with Crippen molar-refractivity contribution in [3.8, 4) is 0 Å². The van der Waals surface area contributed by atoms with E-state index in [-0.39, 0.29) is 11.4 Å². The van der Waals surface area contributed by atoms with E-state index in [1.165, 1.54) is 18.2 Å². The maximum atomic E-state index is 13.8. The largest absolute Gasteiger partial charge is 0.309 e. The zero-order chi connectivity index (χ0) is 14.0. The molecule has 2 aromatic rings. The van der Waals surface area contributed by atoms with Crippen molar-refractivity contribution in [1.29, 1.82) is 0 Å². The summed E-state index contributed by atoms with van der Waals surface area (Å²) in [7, 11) is 1.64. The number of aryl methyl sites for hydroxylation is 1. The average molecular weight is 265 g/mol. The summed E-state index contributed by atoms with van der Waals surface area (Å²) in [5.41, 5.74) is 1.40. The lowest BCUT2D eigenvalue weighted by Gasteiger charge is -2.18. The Morgan fingerprint density at radius 1 is 0.947 bits per heavy atom. The van der Waals surface area contributed by atoms with Crippen molar-refractivity contribution in [2.75, 3.05) is 7.05 Å². The molecule has 1 N–H and O–H groups in total. The molecule has 0 saturated heterocycles. The number of hydrogen-bond donors (Lipinski definition) is 1. The van der Waals surface area contributed by atoms with Crippen LogP contribution in [0.25, 0.3) is 0 Å². The lowest BCUT2D eigenvalue weighted by Crippen LogP contribution is -2.19. The second-order valence-electron chi connectivity index (χ2n) is 4.40. The zero-order valence-electron chi connectivity index (χ0n) is 10.7. The number of nitrogens with one attached hydrogen (secondary N) is 1. The summed E-state index contributed by atoms with van der Waals surface area (Å²) >= 11 is 0. The van der Waals surface area contributed by atoms with E-state index in [4.69, 9.17) is 0 Å². The number of benzene rings is 2. The van der Waals surface area contributed by atoms with Crippen LogP contribution in [-0.2, 0) is 0 Å². The van der Waals surface area contributed by atoms with Crippen LogP contribution in [-0.4, -0.2) is 7.05 Å². The maximum absolute atomic E-state index is 13.8. The van der Waals surface area contributed by atoms with Gasteiger partial charge in [-0.1, -0.05) is 18.2 Å². The summed E-state index contributed by atoms with van der Waals surface area (Å²) in [6.45, 7) is 1.66. The highest BCUT2D eigenvalue weighted by Crippen LogP contribution is 2.26. The van der Waals surface area contributed by atoms with Gasteiger partial charge in [-0.3, -0.25) is 0 Å². The quantitative estimate of drug-likeness (QED) is 0.891. The van der Waals surface area contributed by atoms with E-state index in [0.29, 0.717) is 11.1 Å². The Morgan fingerprint density at radius 3 is 2.26 bits per heavy atom. The van der Waals surface area contributed by atoms with Crippen LogP contribution in [0.5, 0.6) is 0 Å². The first-order valence-electron chi connectivity index (χ1n) is 5.91. The van der Waals surface area contributed by atoms with Gasteiger partial charge in [-0.2, -0.15) is 0 Å². The summed E-state index contributed by atoms with van der Waals surface area (Å²) in [6, 6.07) is 7.58. The van der Waals surface area contributed by atoms with Crippen molar-refractivity contribution in [2.24, 2.45) is 0 Å². The highest BCUT2D eigenvalue weighted by Gasteiger charge is 2.17. The smallest absolute Gasteiger partial charge is 0.131 e. The van der Waals surface area contributed by atoms with Crippen LogP contribution in [0.2, 0.25) is 0 Å². The Bertz CT molecular complexity index is 596. The third-order valence-electron chi connectivity index (χ3n) is 3.09. The molecule has 0 aromatic heterocycles. The molecule has 1 nitrogen and oxygen atoms in total. The Kier molecular flexibility index (Phi) is 3.90. The fourth-order valence-corrected chi connectivity index (χ4v) is 2.03. The molecule has 1 unspecified atom stereocenters. The van der Waals surface area contributed by atoms with Crippen molar-refractivity contribution in [3.05, 3.63) is 70.5 Å². The highest BCUT2D eigenvalue weighted by molar-refractivity contribution is 5.34. The average Bonchev–Trinajstić information content (AvgIpc) is 2.37. The molecule has 2 rings (SSSR count). The molecule has 0 heterocycles. The lowest BCUT2D eigenvalue weighted by molar-refractivity contribution is 0.549. The second-order valence-corrected chi connectivity index (χ2v) is 4.40. The van der Waals surface area contributed by atoms with Crippen molar-refractivity contribution in [2.45, 2.75) is 13.0 Å². The van der Waals surface area contributed by atoms with Gasteiger partial charge < -0.3 is 5.32 Å². The summed E-state index contributed by atoms with van der Waals surface area (Å²) < 4.78 is 40.3. The number of hydrogen-bond acceptors (Lipinski definition) is 1. The molecule has 0 radical (unpaired) electrons. The minimum absolute atomic E-state index is 0.284. The second kappa shape index (κ2) is 5.45. The maximum Gasteiger partial charge on any atom is 0.131 e. The van der Waals surface area contributed by atoms with Gasteiger partial charge >= 0.3 is 0 Å². The van der Waals surface area contributed by atoms with Gasteiger partial charge in [0, 0.05) is 11.6 Å². The predicted molar refractivity (Wildman–Crippen MR) is 68.4 cm³/mol. The van der Waals surface area contributed by atoms with Crippen molar-refractivity contribution in [3.63, 3.8) is 0 Å². The zero-order valence-corrected chi connectivity index (χ0v) is 10.7. The van der Waals surface area contributed by atoms with Crippen molar-refractivity contribution < 1.29 is 13.2 Å². The fraction of sp³-hybridized carbons (Fsp3) is 0.200. The van der Waals surface area contributed by atoms with Crippen LogP contribution in [0.1, 0.15) is 22.7 Å². The van der Waals surface area contributed by atoms with Crippen LogP contribution in [0.15, 0.2) is 36.4 Å². The minimum atomic E-state index is -0.652. The molecule has 0 aliphatic carbocycles. The molecule has 2 aromatic carbocycles. The Labute approximate surface area is 110 Å². The SMILES string of the molecule is CNC(c1ccc(C)c(F)c1)c1ccc(F)cc1F. The molecule has 0 saturated carbocycles.